The fraction of sp³-hybridized carbons (Fsp3) is 0.786. The van der Waals surface area contributed by atoms with Crippen molar-refractivity contribution in [3.8, 4) is 0 Å². The van der Waals surface area contributed by atoms with Gasteiger partial charge in [0.25, 0.3) is 0 Å². The molecule has 0 saturated carbocycles. The van der Waals surface area contributed by atoms with Gasteiger partial charge in [0.2, 0.25) is 0 Å². The van der Waals surface area contributed by atoms with E-state index in [1.54, 1.807) is 4.90 Å². The summed E-state index contributed by atoms with van der Waals surface area (Å²) in [6.45, 7) is 6.97. The molecule has 0 bridgehead atoms. The first kappa shape index (κ1) is 14.2. The molecule has 2 aliphatic heterocycles. The van der Waals surface area contributed by atoms with E-state index in [1.807, 2.05) is 26.8 Å². The second-order valence-corrected chi connectivity index (χ2v) is 6.16. The molecule has 2 aliphatic rings. The topological polar surface area (TPSA) is 59.0 Å². The van der Waals surface area contributed by atoms with Gasteiger partial charge < -0.3 is 19.5 Å². The zero-order valence-corrected chi connectivity index (χ0v) is 11.9. The van der Waals surface area contributed by atoms with Crippen LogP contribution in [-0.2, 0) is 9.47 Å². The number of β-amino-alcohol motifs (C(OH)–C–C–N with tert-alkyl or cyclic N) is 1. The number of rotatable bonds is 1. The van der Waals surface area contributed by atoms with Crippen LogP contribution in [0.15, 0.2) is 11.8 Å². The van der Waals surface area contributed by atoms with Gasteiger partial charge in [-0.25, -0.2) is 4.79 Å². The predicted octanol–water partition coefficient (Wildman–Crippen LogP) is 1.91. The zero-order valence-electron chi connectivity index (χ0n) is 11.9. The average Bonchev–Trinajstić information content (AvgIpc) is 2.70. The molecule has 0 aliphatic carbocycles. The fourth-order valence-corrected chi connectivity index (χ4v) is 2.38. The summed E-state index contributed by atoms with van der Waals surface area (Å²) in [5.41, 5.74) is -0.513. The van der Waals surface area contributed by atoms with Gasteiger partial charge >= 0.3 is 6.09 Å². The van der Waals surface area contributed by atoms with E-state index in [0.29, 0.717) is 19.7 Å². The Morgan fingerprint density at radius 2 is 2.21 bits per heavy atom. The van der Waals surface area contributed by atoms with E-state index in [4.69, 9.17) is 9.47 Å². The van der Waals surface area contributed by atoms with Gasteiger partial charge in [-0.15, -0.1) is 0 Å². The van der Waals surface area contributed by atoms with Crippen molar-refractivity contribution < 1.29 is 19.4 Å². The third-order valence-electron chi connectivity index (χ3n) is 3.27. The van der Waals surface area contributed by atoms with Crippen LogP contribution in [0.1, 0.15) is 33.6 Å². The maximum absolute atomic E-state index is 12.0. The van der Waals surface area contributed by atoms with E-state index < -0.39 is 11.7 Å². The highest BCUT2D eigenvalue weighted by atomic mass is 16.6. The average molecular weight is 269 g/mol. The van der Waals surface area contributed by atoms with E-state index in [1.165, 1.54) is 0 Å². The zero-order chi connectivity index (χ0) is 14.0. The number of carbonyl (C=O) groups excluding carboxylic acids is 1. The normalized spacial score (nSPS) is 27.8. The molecular weight excluding hydrogens is 246 g/mol. The van der Waals surface area contributed by atoms with E-state index in [9.17, 15) is 9.90 Å². The molecule has 0 unspecified atom stereocenters. The molecule has 1 saturated heterocycles. The molecule has 5 nitrogen and oxygen atoms in total. The van der Waals surface area contributed by atoms with Crippen LogP contribution in [0.5, 0.6) is 0 Å². The van der Waals surface area contributed by atoms with Gasteiger partial charge in [-0.3, -0.25) is 0 Å². The number of aliphatic hydroxyl groups is 1. The molecule has 108 valence electrons. The van der Waals surface area contributed by atoms with Crippen molar-refractivity contribution in [2.24, 2.45) is 5.92 Å². The largest absolute Gasteiger partial charge is 0.498 e. The van der Waals surface area contributed by atoms with Crippen molar-refractivity contribution in [2.75, 3.05) is 19.7 Å². The molecule has 19 heavy (non-hydrogen) atoms. The molecule has 2 atom stereocenters. The maximum Gasteiger partial charge on any atom is 0.410 e. The van der Waals surface area contributed by atoms with Gasteiger partial charge in [-0.05, 0) is 39.7 Å². The predicted molar refractivity (Wildman–Crippen MR) is 70.6 cm³/mol. The number of allylic oxidation sites excluding steroid dienone is 1. The van der Waals surface area contributed by atoms with E-state index in [2.05, 4.69) is 0 Å². The van der Waals surface area contributed by atoms with Gasteiger partial charge in [-0.2, -0.15) is 0 Å². The SMILES string of the molecule is CC(C)(C)OC(=O)N1C[C@H](C2=CCCCO2)[C@@H](O)C1. The van der Waals surface area contributed by atoms with Gasteiger partial charge in [0.05, 0.1) is 30.9 Å². The lowest BCUT2D eigenvalue weighted by atomic mass is 10.0. The molecule has 0 aromatic heterocycles. The second-order valence-electron chi connectivity index (χ2n) is 6.16. The Hall–Kier alpha value is -1.23. The van der Waals surface area contributed by atoms with Crippen molar-refractivity contribution in [1.29, 1.82) is 0 Å². The molecule has 0 aromatic carbocycles. The summed E-state index contributed by atoms with van der Waals surface area (Å²) in [7, 11) is 0. The number of ether oxygens (including phenoxy) is 2. The molecule has 0 aromatic rings. The quantitative estimate of drug-likeness (QED) is 0.790. The Labute approximate surface area is 114 Å². The minimum absolute atomic E-state index is 0.118. The van der Waals surface area contributed by atoms with E-state index in [0.717, 1.165) is 18.6 Å². The van der Waals surface area contributed by atoms with Crippen LogP contribution in [0.2, 0.25) is 0 Å². The molecule has 1 fully saturated rings. The van der Waals surface area contributed by atoms with E-state index in [-0.39, 0.29) is 12.0 Å². The number of likely N-dealkylation sites (tertiary alicyclic amines) is 1. The van der Waals surface area contributed by atoms with Crippen molar-refractivity contribution >= 4 is 6.09 Å². The number of nitrogens with zero attached hydrogens (tertiary/aromatic N) is 1. The first-order chi connectivity index (χ1) is 8.87. The third kappa shape index (κ3) is 3.62. The van der Waals surface area contributed by atoms with E-state index >= 15 is 0 Å². The lowest BCUT2D eigenvalue weighted by molar-refractivity contribution is 0.0269. The lowest BCUT2D eigenvalue weighted by Gasteiger charge is -2.24. The van der Waals surface area contributed by atoms with Crippen LogP contribution in [0.4, 0.5) is 4.79 Å². The fourth-order valence-electron chi connectivity index (χ4n) is 2.38. The first-order valence-corrected chi connectivity index (χ1v) is 6.85. The van der Waals surface area contributed by atoms with Crippen molar-refractivity contribution in [3.05, 3.63) is 11.8 Å². The van der Waals surface area contributed by atoms with Gasteiger partial charge in [-0.1, -0.05) is 0 Å². The Morgan fingerprint density at radius 1 is 1.47 bits per heavy atom. The van der Waals surface area contributed by atoms with Crippen LogP contribution in [0.3, 0.4) is 0 Å². The summed E-state index contributed by atoms with van der Waals surface area (Å²) < 4.78 is 10.9. The monoisotopic (exact) mass is 269 g/mol. The number of hydrogen-bond donors (Lipinski definition) is 1. The number of aliphatic hydroxyl groups excluding tert-OH is 1. The molecule has 0 radical (unpaired) electrons. The van der Waals surface area contributed by atoms with Gasteiger partial charge in [0.1, 0.15) is 5.60 Å². The van der Waals surface area contributed by atoms with Crippen molar-refractivity contribution in [2.45, 2.75) is 45.3 Å². The summed E-state index contributed by atoms with van der Waals surface area (Å²) in [5.74, 6) is 0.706. The molecule has 1 amide bonds. The molecular formula is C14H23NO4. The number of hydrogen-bond acceptors (Lipinski definition) is 4. The van der Waals surface area contributed by atoms with Crippen molar-refractivity contribution in [3.63, 3.8) is 0 Å². The highest BCUT2D eigenvalue weighted by Gasteiger charge is 2.39. The standard InChI is InChI=1S/C14H23NO4/c1-14(2,3)19-13(17)15-8-10(11(16)9-15)12-6-4-5-7-18-12/h6,10-11,16H,4-5,7-9H2,1-3H3/t10-,11-/m0/s1. The smallest absolute Gasteiger partial charge is 0.410 e. The second kappa shape index (κ2) is 5.41. The summed E-state index contributed by atoms with van der Waals surface area (Å²) in [4.78, 5) is 13.5. The molecule has 5 heteroatoms. The Bertz CT molecular complexity index is 372. The van der Waals surface area contributed by atoms with Crippen molar-refractivity contribution in [1.82, 2.24) is 4.90 Å². The Kier molecular flexibility index (Phi) is 4.04. The lowest BCUT2D eigenvalue weighted by Crippen LogP contribution is -2.35. The minimum atomic E-state index is -0.572. The third-order valence-corrected chi connectivity index (χ3v) is 3.27. The van der Waals surface area contributed by atoms with Crippen LogP contribution < -0.4 is 0 Å². The number of carbonyl (C=O) groups is 1. The first-order valence-electron chi connectivity index (χ1n) is 6.85. The maximum atomic E-state index is 12.0. The van der Waals surface area contributed by atoms with Gasteiger partial charge in [0.15, 0.2) is 0 Å². The highest BCUT2D eigenvalue weighted by molar-refractivity contribution is 5.68. The summed E-state index contributed by atoms with van der Waals surface area (Å²) >= 11 is 0. The van der Waals surface area contributed by atoms with Crippen LogP contribution in [-0.4, -0.2) is 47.5 Å². The Morgan fingerprint density at radius 3 is 2.79 bits per heavy atom. The molecule has 1 N–H and O–H groups in total. The Balaban J connectivity index is 1.97. The number of amides is 1. The molecule has 0 spiro atoms. The van der Waals surface area contributed by atoms with Crippen LogP contribution >= 0.6 is 0 Å². The minimum Gasteiger partial charge on any atom is -0.498 e. The summed E-state index contributed by atoms with van der Waals surface area (Å²) in [6, 6.07) is 0. The highest BCUT2D eigenvalue weighted by Crippen LogP contribution is 2.28. The molecule has 2 heterocycles. The van der Waals surface area contributed by atoms with Crippen LogP contribution in [0.25, 0.3) is 0 Å². The summed E-state index contributed by atoms with van der Waals surface area (Å²) in [6.07, 6.45) is 3.07. The van der Waals surface area contributed by atoms with Gasteiger partial charge in [0, 0.05) is 6.54 Å². The molecule has 2 rings (SSSR count). The summed E-state index contributed by atoms with van der Waals surface area (Å²) in [5, 5.41) is 10.1. The van der Waals surface area contributed by atoms with Crippen LogP contribution in [0, 0.1) is 5.92 Å².